The fourth-order valence-corrected chi connectivity index (χ4v) is 0.898. The highest BCUT2D eigenvalue weighted by Crippen LogP contribution is 2.28. The molecule has 0 saturated heterocycles. The fourth-order valence-electron chi connectivity index (χ4n) is 0.898. The first-order valence-corrected chi connectivity index (χ1v) is 3.15. The number of halogens is 4. The molecule has 0 spiro atoms. The molecule has 1 rings (SSSR count). The van der Waals surface area contributed by atoms with E-state index in [9.17, 15) is 17.6 Å². The maximum atomic E-state index is 12.1. The quantitative estimate of drug-likeness (QED) is 0.576. The zero-order chi connectivity index (χ0) is 9.30. The molecule has 2 radical (unpaired) electrons. The van der Waals surface area contributed by atoms with Gasteiger partial charge in [-0.1, -0.05) is 0 Å². The van der Waals surface area contributed by atoms with E-state index in [2.05, 4.69) is 11.5 Å². The Hall–Kier alpha value is -1.00. The fraction of sp³-hybridized carbons (Fsp3) is 0.429. The van der Waals surface area contributed by atoms with E-state index in [1.807, 2.05) is 0 Å². The van der Waals surface area contributed by atoms with Crippen LogP contribution in [0.15, 0.2) is 16.8 Å². The molecule has 0 aromatic carbocycles. The summed E-state index contributed by atoms with van der Waals surface area (Å²) >= 11 is 0. The van der Waals surface area contributed by atoms with Crippen LogP contribution in [0.4, 0.5) is 17.6 Å². The highest BCUT2D eigenvalue weighted by atomic mass is 19.3. The van der Waals surface area contributed by atoms with E-state index in [1.54, 1.807) is 0 Å². The predicted molar refractivity (Wildman–Crippen MR) is 33.6 cm³/mol. The summed E-state index contributed by atoms with van der Waals surface area (Å²) in [5.74, 6) is 0. The second-order valence-electron chi connectivity index (χ2n) is 2.25. The number of alkyl halides is 4. The molecule has 1 heterocycles. The van der Waals surface area contributed by atoms with Crippen molar-refractivity contribution >= 4 is 0 Å². The van der Waals surface area contributed by atoms with E-state index in [4.69, 9.17) is 0 Å². The van der Waals surface area contributed by atoms with Gasteiger partial charge in [-0.2, -0.15) is 0 Å². The Morgan fingerprint density at radius 3 is 2.08 bits per heavy atom. The minimum atomic E-state index is -2.96. The third-order valence-electron chi connectivity index (χ3n) is 1.45. The number of rotatable bonds is 2. The molecular weight excluding hydrogens is 174 g/mol. The Labute approximate surface area is 66.8 Å². The minimum absolute atomic E-state index is 0.0136. The van der Waals surface area contributed by atoms with Crippen molar-refractivity contribution < 1.29 is 17.6 Å². The summed E-state index contributed by atoms with van der Waals surface area (Å²) in [5.41, 5.74) is -1.56. The number of allylic oxidation sites excluding steroid dienone is 3. The zero-order valence-corrected chi connectivity index (χ0v) is 6.11. The molecule has 0 saturated carbocycles. The van der Waals surface area contributed by atoms with Crippen LogP contribution in [0, 0.1) is 6.20 Å². The molecule has 12 heavy (non-hydrogen) atoms. The van der Waals surface area contributed by atoms with Gasteiger partial charge in [-0.3, -0.25) is 0 Å². The minimum Gasteiger partial charge on any atom is -0.244 e. The van der Waals surface area contributed by atoms with Crippen LogP contribution in [-0.4, -0.2) is 12.9 Å². The van der Waals surface area contributed by atoms with Crippen LogP contribution in [0.5, 0.6) is 0 Å². The summed E-state index contributed by atoms with van der Waals surface area (Å²) in [6.45, 7) is 1.28. The second-order valence-corrected chi connectivity index (χ2v) is 2.25. The highest BCUT2D eigenvalue weighted by Gasteiger charge is 2.29. The molecule has 66 valence electrons. The largest absolute Gasteiger partial charge is 0.280 e. The maximum Gasteiger partial charge on any atom is 0.280 e. The van der Waals surface area contributed by atoms with E-state index >= 15 is 0 Å². The monoisotopic (exact) mass is 179 g/mol. The van der Waals surface area contributed by atoms with E-state index in [0.29, 0.717) is 0 Å². The lowest BCUT2D eigenvalue weighted by molar-refractivity contribution is 0.162. The molecule has 5 heteroatoms. The summed E-state index contributed by atoms with van der Waals surface area (Å²) in [7, 11) is 0. The van der Waals surface area contributed by atoms with E-state index in [1.165, 1.54) is 6.92 Å². The van der Waals surface area contributed by atoms with Crippen LogP contribution in [0.1, 0.15) is 6.92 Å². The van der Waals surface area contributed by atoms with Crippen LogP contribution in [0.3, 0.4) is 0 Å². The average Bonchev–Trinajstić information content (AvgIpc) is 2.30. The number of hydrogen-bond donors (Lipinski definition) is 0. The Morgan fingerprint density at radius 1 is 1.17 bits per heavy atom. The standard InChI is InChI=1S/C7H5F4N/c1-3-2-12-5(7(10)11)4(3)6(8)9/h6-7H,1H3. The Kier molecular flexibility index (Phi) is 2.40. The van der Waals surface area contributed by atoms with Gasteiger partial charge in [0.15, 0.2) is 0 Å². The third-order valence-corrected chi connectivity index (χ3v) is 1.45. The first kappa shape index (κ1) is 9.09. The van der Waals surface area contributed by atoms with Crippen molar-refractivity contribution in [2.75, 3.05) is 0 Å². The first-order valence-electron chi connectivity index (χ1n) is 3.15. The van der Waals surface area contributed by atoms with Crippen molar-refractivity contribution in [2.24, 2.45) is 0 Å². The molecule has 0 fully saturated rings. The van der Waals surface area contributed by atoms with Gasteiger partial charge in [0, 0.05) is 0 Å². The van der Waals surface area contributed by atoms with Crippen LogP contribution in [0.25, 0.3) is 0 Å². The van der Waals surface area contributed by atoms with Crippen LogP contribution < -0.4 is 5.32 Å². The van der Waals surface area contributed by atoms with Crippen LogP contribution in [-0.2, 0) is 0 Å². The topological polar surface area (TPSA) is 14.1 Å². The molecule has 1 aliphatic heterocycles. The van der Waals surface area contributed by atoms with Crippen LogP contribution in [0.2, 0.25) is 0 Å². The number of hydrogen-bond acceptors (Lipinski definition) is 0. The van der Waals surface area contributed by atoms with E-state index in [0.717, 1.165) is 0 Å². The average molecular weight is 179 g/mol. The van der Waals surface area contributed by atoms with E-state index < -0.39 is 24.1 Å². The SMILES string of the molecule is CC1=[C][N]C(C(F)F)=C1C(F)F. The maximum absolute atomic E-state index is 12.1. The van der Waals surface area contributed by atoms with Gasteiger partial charge >= 0.3 is 0 Å². The Morgan fingerprint density at radius 2 is 1.75 bits per heavy atom. The Balaban J connectivity index is 2.97. The summed E-state index contributed by atoms with van der Waals surface area (Å²) in [6.07, 6.45) is -3.78. The molecule has 0 amide bonds. The predicted octanol–water partition coefficient (Wildman–Crippen LogP) is 2.10. The van der Waals surface area contributed by atoms with Crippen molar-refractivity contribution in [1.82, 2.24) is 5.32 Å². The van der Waals surface area contributed by atoms with Gasteiger partial charge in [0.2, 0.25) is 0 Å². The van der Waals surface area contributed by atoms with Gasteiger partial charge in [0.05, 0.1) is 11.8 Å². The van der Waals surface area contributed by atoms with Crippen molar-refractivity contribution in [3.63, 3.8) is 0 Å². The zero-order valence-electron chi connectivity index (χ0n) is 6.11. The van der Waals surface area contributed by atoms with E-state index in [-0.39, 0.29) is 5.57 Å². The van der Waals surface area contributed by atoms with Crippen molar-refractivity contribution in [3.05, 3.63) is 23.0 Å². The molecule has 0 aromatic heterocycles. The molecule has 0 atom stereocenters. The number of nitrogens with zero attached hydrogens (tertiary/aromatic N) is 1. The van der Waals surface area contributed by atoms with Gasteiger partial charge in [-0.05, 0) is 12.5 Å². The van der Waals surface area contributed by atoms with Gasteiger partial charge in [-0.25, -0.2) is 22.9 Å². The molecule has 0 aromatic rings. The van der Waals surface area contributed by atoms with Gasteiger partial charge in [0.25, 0.3) is 12.9 Å². The normalized spacial score (nSPS) is 17.4. The molecule has 0 unspecified atom stereocenters. The molecule has 0 N–H and O–H groups in total. The van der Waals surface area contributed by atoms with Crippen molar-refractivity contribution in [3.8, 4) is 0 Å². The van der Waals surface area contributed by atoms with Crippen molar-refractivity contribution in [2.45, 2.75) is 19.8 Å². The van der Waals surface area contributed by atoms with Crippen LogP contribution >= 0.6 is 0 Å². The van der Waals surface area contributed by atoms with Crippen molar-refractivity contribution in [1.29, 1.82) is 0 Å². The lowest BCUT2D eigenvalue weighted by atomic mass is 10.1. The summed E-state index contributed by atoms with van der Waals surface area (Å²) < 4.78 is 48.1. The lowest BCUT2D eigenvalue weighted by Crippen LogP contribution is -2.09. The summed E-state index contributed by atoms with van der Waals surface area (Å²) in [5, 5.41) is 3.08. The second kappa shape index (κ2) is 3.16. The summed E-state index contributed by atoms with van der Waals surface area (Å²) in [4.78, 5) is 0. The Bertz CT molecular complexity index is 242. The molecule has 0 bridgehead atoms. The first-order chi connectivity index (χ1) is 5.54. The van der Waals surface area contributed by atoms with Gasteiger partial charge in [-0.15, -0.1) is 0 Å². The lowest BCUT2D eigenvalue weighted by Gasteiger charge is -2.04. The molecular formula is C7H5F4N. The van der Waals surface area contributed by atoms with Gasteiger partial charge in [0.1, 0.15) is 5.70 Å². The third kappa shape index (κ3) is 1.44. The summed E-state index contributed by atoms with van der Waals surface area (Å²) in [6, 6.07) is 0. The molecule has 0 aliphatic carbocycles. The smallest absolute Gasteiger partial charge is 0.244 e. The molecule has 1 aliphatic rings. The molecule has 1 nitrogen and oxygen atoms in total. The van der Waals surface area contributed by atoms with Gasteiger partial charge < -0.3 is 0 Å². The highest BCUT2D eigenvalue weighted by molar-refractivity contribution is 5.39.